The summed E-state index contributed by atoms with van der Waals surface area (Å²) in [5.74, 6) is 2.66. The topological polar surface area (TPSA) is 51.0 Å². The zero-order valence-corrected chi connectivity index (χ0v) is 10.8. The second-order valence-corrected chi connectivity index (χ2v) is 5.56. The van der Waals surface area contributed by atoms with Crippen LogP contribution in [0.25, 0.3) is 0 Å². The number of rotatable bonds is 3. The molecule has 1 aliphatic heterocycles. The molecule has 19 heavy (non-hydrogen) atoms. The lowest BCUT2D eigenvalue weighted by Crippen LogP contribution is -2.43. The normalized spacial score (nSPS) is 22.2. The molecule has 2 aliphatic rings. The highest BCUT2D eigenvalue weighted by molar-refractivity contribution is 5.38. The van der Waals surface area contributed by atoms with Crippen molar-refractivity contribution in [3.63, 3.8) is 0 Å². The van der Waals surface area contributed by atoms with Crippen LogP contribution < -0.4 is 5.32 Å². The molecule has 0 bridgehead atoms. The van der Waals surface area contributed by atoms with Crippen LogP contribution in [0.4, 0.5) is 0 Å². The molecule has 0 spiro atoms. The monoisotopic (exact) mass is 255 g/mol. The van der Waals surface area contributed by atoms with Gasteiger partial charge in [0.05, 0.1) is 0 Å². The van der Waals surface area contributed by atoms with Gasteiger partial charge in [-0.3, -0.25) is 0 Å². The molecule has 0 radical (unpaired) electrons. The lowest BCUT2D eigenvalue weighted by atomic mass is 9.99. The maximum atomic E-state index is 5.41. The van der Waals surface area contributed by atoms with Gasteiger partial charge in [0, 0.05) is 12.3 Å². The number of benzene rings is 1. The van der Waals surface area contributed by atoms with Crippen LogP contribution in [0.1, 0.15) is 35.2 Å². The number of aromatic nitrogens is 2. The first-order chi connectivity index (χ1) is 9.40. The molecule has 1 fully saturated rings. The van der Waals surface area contributed by atoms with Crippen molar-refractivity contribution < 1.29 is 4.52 Å². The lowest BCUT2D eigenvalue weighted by molar-refractivity contribution is 0.294. The maximum Gasteiger partial charge on any atom is 0.227 e. The Hall–Kier alpha value is -1.68. The molecule has 1 N–H and O–H groups in total. The quantitative estimate of drug-likeness (QED) is 0.910. The molecule has 98 valence electrons. The van der Waals surface area contributed by atoms with Crippen molar-refractivity contribution >= 4 is 0 Å². The predicted molar refractivity (Wildman–Crippen MR) is 71.0 cm³/mol. The minimum Gasteiger partial charge on any atom is -0.339 e. The molecule has 2 aromatic rings. The Morgan fingerprint density at radius 2 is 2.16 bits per heavy atom. The lowest BCUT2D eigenvalue weighted by Gasteiger charge is -2.25. The van der Waals surface area contributed by atoms with Gasteiger partial charge in [-0.05, 0) is 43.0 Å². The number of hydrogen-bond acceptors (Lipinski definition) is 4. The molecule has 1 atom stereocenters. The summed E-state index contributed by atoms with van der Waals surface area (Å²) in [6.07, 6.45) is 3.13. The molecule has 4 nitrogen and oxygen atoms in total. The molecular weight excluding hydrogens is 238 g/mol. The summed E-state index contributed by atoms with van der Waals surface area (Å²) in [6.45, 7) is 2.15. The van der Waals surface area contributed by atoms with Gasteiger partial charge in [-0.15, -0.1) is 0 Å². The maximum absolute atomic E-state index is 5.41. The minimum atomic E-state index is 0.327. The first-order valence-electron chi connectivity index (χ1n) is 7.01. The van der Waals surface area contributed by atoms with E-state index in [0.29, 0.717) is 11.8 Å². The second kappa shape index (κ2) is 4.46. The Kier molecular flexibility index (Phi) is 2.62. The van der Waals surface area contributed by atoms with E-state index in [1.165, 1.54) is 11.1 Å². The van der Waals surface area contributed by atoms with E-state index in [0.717, 1.165) is 44.1 Å². The molecule has 0 amide bonds. The highest BCUT2D eigenvalue weighted by Gasteiger charge is 2.28. The van der Waals surface area contributed by atoms with Gasteiger partial charge >= 0.3 is 0 Å². The molecule has 1 saturated heterocycles. The number of hydrogen-bond donors (Lipinski definition) is 1. The van der Waals surface area contributed by atoms with Crippen molar-refractivity contribution in [1.29, 1.82) is 0 Å². The Labute approximate surface area is 112 Å². The van der Waals surface area contributed by atoms with Gasteiger partial charge in [-0.1, -0.05) is 29.4 Å². The summed E-state index contributed by atoms with van der Waals surface area (Å²) in [7, 11) is 0. The molecule has 1 aromatic carbocycles. The van der Waals surface area contributed by atoms with Gasteiger partial charge in [-0.2, -0.15) is 4.98 Å². The van der Waals surface area contributed by atoms with Gasteiger partial charge in [0.15, 0.2) is 5.82 Å². The van der Waals surface area contributed by atoms with Gasteiger partial charge in [0.2, 0.25) is 5.89 Å². The number of fused-ring (bicyclic) bond motifs is 1. The summed E-state index contributed by atoms with van der Waals surface area (Å²) in [5.41, 5.74) is 2.81. The van der Waals surface area contributed by atoms with E-state index in [1.807, 2.05) is 0 Å². The fraction of sp³-hybridized carbons (Fsp3) is 0.467. The summed E-state index contributed by atoms with van der Waals surface area (Å²) in [5, 5.41) is 7.47. The van der Waals surface area contributed by atoms with Crippen molar-refractivity contribution in [2.45, 2.75) is 25.2 Å². The Balaban J connectivity index is 1.56. The van der Waals surface area contributed by atoms with Crippen molar-refractivity contribution in [2.75, 3.05) is 13.1 Å². The fourth-order valence-corrected chi connectivity index (χ4v) is 3.06. The SMILES string of the molecule is c1ccc2c(c1)CCC2c1noc(CC2CNC2)n1. The Morgan fingerprint density at radius 3 is 3.00 bits per heavy atom. The van der Waals surface area contributed by atoms with E-state index in [1.54, 1.807) is 0 Å². The highest BCUT2D eigenvalue weighted by Crippen LogP contribution is 2.36. The predicted octanol–water partition coefficient (Wildman–Crippen LogP) is 1.91. The van der Waals surface area contributed by atoms with E-state index in [4.69, 9.17) is 4.52 Å². The zero-order chi connectivity index (χ0) is 12.7. The summed E-state index contributed by atoms with van der Waals surface area (Å²) >= 11 is 0. The van der Waals surface area contributed by atoms with Crippen LogP contribution in [0.3, 0.4) is 0 Å². The third kappa shape index (κ3) is 1.96. The van der Waals surface area contributed by atoms with E-state index in [-0.39, 0.29) is 0 Å². The fourth-order valence-electron chi connectivity index (χ4n) is 3.06. The van der Waals surface area contributed by atoms with Crippen LogP contribution in [0.2, 0.25) is 0 Å². The summed E-state index contributed by atoms with van der Waals surface area (Å²) in [4.78, 5) is 4.61. The molecule has 0 saturated carbocycles. The molecule has 1 aromatic heterocycles. The van der Waals surface area contributed by atoms with Gasteiger partial charge in [-0.25, -0.2) is 0 Å². The van der Waals surface area contributed by atoms with Gasteiger partial charge in [0.1, 0.15) is 0 Å². The van der Waals surface area contributed by atoms with E-state index in [2.05, 4.69) is 39.7 Å². The first-order valence-corrected chi connectivity index (χ1v) is 7.01. The average molecular weight is 255 g/mol. The summed E-state index contributed by atoms with van der Waals surface area (Å²) in [6, 6.07) is 8.60. The molecule has 4 heteroatoms. The molecule has 1 aliphatic carbocycles. The Morgan fingerprint density at radius 1 is 1.26 bits per heavy atom. The van der Waals surface area contributed by atoms with Crippen LogP contribution in [-0.4, -0.2) is 23.2 Å². The molecule has 4 rings (SSSR count). The standard InChI is InChI=1S/C15H17N3O/c1-2-4-12-11(3-1)5-6-13(12)15-17-14(19-18-15)7-10-8-16-9-10/h1-4,10,13,16H,5-9H2. The van der Waals surface area contributed by atoms with E-state index >= 15 is 0 Å². The summed E-state index contributed by atoms with van der Waals surface area (Å²) < 4.78 is 5.41. The minimum absolute atomic E-state index is 0.327. The van der Waals surface area contributed by atoms with Crippen LogP contribution in [0.15, 0.2) is 28.8 Å². The Bertz CT molecular complexity index is 589. The average Bonchev–Trinajstić information content (AvgIpc) is 3.00. The number of nitrogens with one attached hydrogen (secondary N) is 1. The van der Waals surface area contributed by atoms with Gasteiger partial charge in [0.25, 0.3) is 0 Å². The highest BCUT2D eigenvalue weighted by atomic mass is 16.5. The van der Waals surface area contributed by atoms with Crippen LogP contribution >= 0.6 is 0 Å². The smallest absolute Gasteiger partial charge is 0.227 e. The van der Waals surface area contributed by atoms with E-state index in [9.17, 15) is 0 Å². The van der Waals surface area contributed by atoms with Crippen LogP contribution in [-0.2, 0) is 12.8 Å². The van der Waals surface area contributed by atoms with Crippen molar-refractivity contribution in [3.8, 4) is 0 Å². The third-order valence-corrected chi connectivity index (χ3v) is 4.26. The van der Waals surface area contributed by atoms with Crippen molar-refractivity contribution in [3.05, 3.63) is 47.1 Å². The number of nitrogens with zero attached hydrogens (tertiary/aromatic N) is 2. The van der Waals surface area contributed by atoms with Crippen molar-refractivity contribution in [1.82, 2.24) is 15.5 Å². The molecule has 1 unspecified atom stereocenters. The number of aryl methyl sites for hydroxylation is 1. The molecular formula is C15H17N3O. The third-order valence-electron chi connectivity index (χ3n) is 4.26. The van der Waals surface area contributed by atoms with E-state index < -0.39 is 0 Å². The first kappa shape index (κ1) is 11.2. The molecule has 2 heterocycles. The second-order valence-electron chi connectivity index (χ2n) is 5.56. The van der Waals surface area contributed by atoms with Crippen molar-refractivity contribution in [2.24, 2.45) is 5.92 Å². The van der Waals surface area contributed by atoms with Gasteiger partial charge < -0.3 is 9.84 Å². The zero-order valence-electron chi connectivity index (χ0n) is 10.8. The largest absolute Gasteiger partial charge is 0.339 e. The van der Waals surface area contributed by atoms with Crippen LogP contribution in [0, 0.1) is 5.92 Å². The van der Waals surface area contributed by atoms with Crippen LogP contribution in [0.5, 0.6) is 0 Å².